The predicted molar refractivity (Wildman–Crippen MR) is 76.6 cm³/mol. The van der Waals surface area contributed by atoms with Crippen molar-refractivity contribution in [2.24, 2.45) is 5.73 Å². The molecule has 0 fully saturated rings. The van der Waals surface area contributed by atoms with E-state index in [1.54, 1.807) is 23.0 Å². The Morgan fingerprint density at radius 2 is 2.26 bits per heavy atom. The summed E-state index contributed by atoms with van der Waals surface area (Å²) in [6, 6.07) is 7.22. The van der Waals surface area contributed by atoms with Crippen LogP contribution < -0.4 is 11.2 Å². The summed E-state index contributed by atoms with van der Waals surface area (Å²) in [4.78, 5) is 4.30. The zero-order valence-corrected chi connectivity index (χ0v) is 11.4. The van der Waals surface area contributed by atoms with Crippen molar-refractivity contribution in [3.8, 4) is 0 Å². The average Bonchev–Trinajstić information content (AvgIpc) is 2.41. The molecule has 5 heteroatoms. The number of hydrogen-bond donors (Lipinski definition) is 2. The van der Waals surface area contributed by atoms with Crippen LogP contribution >= 0.6 is 11.6 Å². The van der Waals surface area contributed by atoms with Crippen molar-refractivity contribution in [3.63, 3.8) is 0 Å². The van der Waals surface area contributed by atoms with Crippen molar-refractivity contribution in [2.75, 3.05) is 0 Å². The maximum absolute atomic E-state index is 8.19. The fraction of sp³-hybridized carbons (Fsp3) is 0.143. The van der Waals surface area contributed by atoms with Crippen LogP contribution in [0.1, 0.15) is 24.2 Å². The van der Waals surface area contributed by atoms with Gasteiger partial charge in [0.25, 0.3) is 0 Å². The van der Waals surface area contributed by atoms with Gasteiger partial charge < -0.3 is 10.3 Å². The Bertz CT molecular complexity index is 661. The molecule has 19 heavy (non-hydrogen) atoms. The van der Waals surface area contributed by atoms with Crippen LogP contribution in [0, 0.1) is 5.41 Å². The van der Waals surface area contributed by atoms with E-state index in [1.165, 1.54) is 0 Å². The van der Waals surface area contributed by atoms with Crippen molar-refractivity contribution >= 4 is 17.3 Å². The molecule has 0 amide bonds. The van der Waals surface area contributed by atoms with E-state index in [0.717, 1.165) is 5.69 Å². The number of aromatic nitrogens is 2. The summed E-state index contributed by atoms with van der Waals surface area (Å²) in [6.45, 7) is 5.63. The normalized spacial score (nSPS) is 12.1. The van der Waals surface area contributed by atoms with Gasteiger partial charge in [0.2, 0.25) is 0 Å². The Labute approximate surface area is 116 Å². The van der Waals surface area contributed by atoms with Crippen molar-refractivity contribution in [1.82, 2.24) is 9.55 Å². The first-order valence-corrected chi connectivity index (χ1v) is 6.20. The van der Waals surface area contributed by atoms with Gasteiger partial charge in [-0.3, -0.25) is 10.4 Å². The van der Waals surface area contributed by atoms with E-state index in [0.29, 0.717) is 16.3 Å². The highest BCUT2D eigenvalue weighted by Gasteiger charge is 2.12. The third-order valence-corrected chi connectivity index (χ3v) is 3.14. The van der Waals surface area contributed by atoms with Crippen LogP contribution in [0.4, 0.5) is 0 Å². The van der Waals surface area contributed by atoms with Crippen molar-refractivity contribution in [2.45, 2.75) is 13.0 Å². The number of hydrogen-bond acceptors (Lipinski definition) is 3. The van der Waals surface area contributed by atoms with E-state index in [4.69, 9.17) is 22.7 Å². The van der Waals surface area contributed by atoms with E-state index < -0.39 is 0 Å². The van der Waals surface area contributed by atoms with Gasteiger partial charge in [-0.25, -0.2) is 0 Å². The largest absolute Gasteiger partial charge is 0.399 e. The van der Waals surface area contributed by atoms with Gasteiger partial charge in [-0.05, 0) is 25.1 Å². The molecule has 2 rings (SSSR count). The first-order chi connectivity index (χ1) is 9.00. The van der Waals surface area contributed by atoms with Crippen LogP contribution in [0.15, 0.2) is 43.2 Å². The van der Waals surface area contributed by atoms with E-state index in [2.05, 4.69) is 11.6 Å². The standard InChI is InChI=1S/C14H15ClN4/c1-9(16)12-7-11(15)8-19(14(12)17)10(2)13-5-3-4-6-18-13/h3-8,10,17H,1,16H2,2H3. The highest BCUT2D eigenvalue weighted by Crippen LogP contribution is 2.17. The van der Waals surface area contributed by atoms with Gasteiger partial charge >= 0.3 is 0 Å². The molecule has 0 aliphatic heterocycles. The fourth-order valence-electron chi connectivity index (χ4n) is 1.90. The van der Waals surface area contributed by atoms with Crippen LogP contribution in [0.3, 0.4) is 0 Å². The number of rotatable bonds is 3. The minimum atomic E-state index is -0.106. The second-order valence-electron chi connectivity index (χ2n) is 4.28. The molecule has 2 aromatic heterocycles. The lowest BCUT2D eigenvalue weighted by Crippen LogP contribution is -2.27. The molecule has 0 bridgehead atoms. The third kappa shape index (κ3) is 2.69. The SMILES string of the molecule is C=C(N)c1cc(Cl)cn(C(C)c2ccccn2)c1=N. The first kappa shape index (κ1) is 13.4. The zero-order valence-electron chi connectivity index (χ0n) is 10.6. The Balaban J connectivity index is 2.57. The first-order valence-electron chi connectivity index (χ1n) is 5.82. The number of nitrogens with one attached hydrogen (secondary N) is 1. The summed E-state index contributed by atoms with van der Waals surface area (Å²) in [5.74, 6) is 0. The second kappa shape index (κ2) is 5.28. The lowest BCUT2D eigenvalue weighted by atomic mass is 10.1. The Kier molecular flexibility index (Phi) is 3.71. The molecule has 0 saturated heterocycles. The molecule has 3 N–H and O–H groups in total. The summed E-state index contributed by atoms with van der Waals surface area (Å²) < 4.78 is 1.73. The topological polar surface area (TPSA) is 67.7 Å². The highest BCUT2D eigenvalue weighted by atomic mass is 35.5. The zero-order chi connectivity index (χ0) is 14.0. The Hall–Kier alpha value is -2.07. The maximum atomic E-state index is 8.19. The third-order valence-electron chi connectivity index (χ3n) is 2.94. The molecule has 0 spiro atoms. The van der Waals surface area contributed by atoms with E-state index >= 15 is 0 Å². The second-order valence-corrected chi connectivity index (χ2v) is 4.72. The minimum Gasteiger partial charge on any atom is -0.399 e. The molecule has 0 radical (unpaired) electrons. The summed E-state index contributed by atoms with van der Waals surface area (Å²) in [7, 11) is 0. The van der Waals surface area contributed by atoms with Crippen molar-refractivity contribution in [1.29, 1.82) is 5.41 Å². The Morgan fingerprint density at radius 3 is 2.84 bits per heavy atom. The van der Waals surface area contributed by atoms with E-state index in [9.17, 15) is 0 Å². The van der Waals surface area contributed by atoms with Crippen molar-refractivity contribution < 1.29 is 0 Å². The molecule has 0 aliphatic carbocycles. The van der Waals surface area contributed by atoms with Crippen LogP contribution in [0.2, 0.25) is 5.02 Å². The molecule has 98 valence electrons. The van der Waals surface area contributed by atoms with Gasteiger partial charge in [0.1, 0.15) is 5.49 Å². The molecule has 1 atom stereocenters. The molecule has 4 nitrogen and oxygen atoms in total. The number of pyridine rings is 2. The highest BCUT2D eigenvalue weighted by molar-refractivity contribution is 6.30. The summed E-state index contributed by atoms with van der Waals surface area (Å²) in [5.41, 5.74) is 7.69. The van der Waals surface area contributed by atoms with Gasteiger partial charge in [0.05, 0.1) is 16.8 Å². The number of nitrogens with zero attached hydrogens (tertiary/aromatic N) is 2. The fourth-order valence-corrected chi connectivity index (χ4v) is 2.11. The smallest absolute Gasteiger partial charge is 0.134 e. The molecule has 2 heterocycles. The number of halogens is 1. The van der Waals surface area contributed by atoms with Crippen LogP contribution in [0.5, 0.6) is 0 Å². The van der Waals surface area contributed by atoms with Gasteiger partial charge in [0, 0.05) is 23.7 Å². The summed E-state index contributed by atoms with van der Waals surface area (Å²) in [6.07, 6.45) is 3.43. The molecule has 0 aromatic carbocycles. The van der Waals surface area contributed by atoms with Crippen LogP contribution in [-0.4, -0.2) is 9.55 Å². The molecular weight excluding hydrogens is 260 g/mol. The molecule has 1 unspecified atom stereocenters. The van der Waals surface area contributed by atoms with Gasteiger partial charge in [-0.1, -0.05) is 24.2 Å². The van der Waals surface area contributed by atoms with Crippen molar-refractivity contribution in [3.05, 3.63) is 65.0 Å². The van der Waals surface area contributed by atoms with Crippen LogP contribution in [-0.2, 0) is 0 Å². The summed E-state index contributed by atoms with van der Waals surface area (Å²) in [5, 5.41) is 8.70. The quantitative estimate of drug-likeness (QED) is 0.903. The van der Waals surface area contributed by atoms with Gasteiger partial charge in [-0.2, -0.15) is 0 Å². The minimum absolute atomic E-state index is 0.106. The van der Waals surface area contributed by atoms with Crippen LogP contribution in [0.25, 0.3) is 5.70 Å². The molecule has 0 saturated carbocycles. The Morgan fingerprint density at radius 1 is 1.53 bits per heavy atom. The van der Waals surface area contributed by atoms with E-state index in [1.807, 2.05) is 25.1 Å². The maximum Gasteiger partial charge on any atom is 0.134 e. The molecule has 2 aromatic rings. The molecular formula is C14H15ClN4. The van der Waals surface area contributed by atoms with Gasteiger partial charge in [0.15, 0.2) is 0 Å². The van der Waals surface area contributed by atoms with Gasteiger partial charge in [-0.15, -0.1) is 0 Å². The average molecular weight is 275 g/mol. The monoisotopic (exact) mass is 274 g/mol. The molecule has 0 aliphatic rings. The number of nitrogens with two attached hydrogens (primary N) is 1. The summed E-state index contributed by atoms with van der Waals surface area (Å²) >= 11 is 6.08. The predicted octanol–water partition coefficient (Wildman–Crippen LogP) is 2.55. The van der Waals surface area contributed by atoms with E-state index in [-0.39, 0.29) is 11.5 Å². The lowest BCUT2D eigenvalue weighted by Gasteiger charge is -2.18. The lowest BCUT2D eigenvalue weighted by molar-refractivity contribution is 0.583.